The lowest BCUT2D eigenvalue weighted by atomic mass is 9.99. The fourth-order valence-electron chi connectivity index (χ4n) is 7.60. The summed E-state index contributed by atoms with van der Waals surface area (Å²) in [5.41, 5.74) is 12.0. The van der Waals surface area contributed by atoms with E-state index in [-0.39, 0.29) is 0 Å². The number of nitrogens with zero attached hydrogens (tertiary/aromatic N) is 6. The third kappa shape index (κ3) is 8.76. The van der Waals surface area contributed by atoms with Crippen LogP contribution in [0, 0.1) is 6.92 Å². The van der Waals surface area contributed by atoms with Gasteiger partial charge in [-0.2, -0.15) is 0 Å². The van der Waals surface area contributed by atoms with E-state index >= 15 is 0 Å². The van der Waals surface area contributed by atoms with E-state index in [1.54, 1.807) is 6.26 Å². The molecule has 0 atom stereocenters. The average Bonchev–Trinajstić information content (AvgIpc) is 3.43. The van der Waals surface area contributed by atoms with Crippen molar-refractivity contribution < 1.29 is 4.42 Å². The predicted octanol–water partition coefficient (Wildman–Crippen LogP) is 13.5. The van der Waals surface area contributed by atoms with Crippen molar-refractivity contribution in [3.05, 3.63) is 229 Å². The number of hydrogen-bond acceptors (Lipinski definition) is 7. The van der Waals surface area contributed by atoms with Gasteiger partial charge in [0.25, 0.3) is 0 Å². The normalized spacial score (nSPS) is 11.0. The molecule has 7 nitrogen and oxygen atoms in total. The highest BCUT2D eigenvalue weighted by molar-refractivity contribution is 5.85. The summed E-state index contributed by atoms with van der Waals surface area (Å²) in [6.07, 6.45) is 2.48. The molecule has 0 radical (unpaired) electrons. The maximum Gasteiger partial charge on any atom is 0.164 e. The number of aryl methyl sites for hydroxylation is 1. The highest BCUT2D eigenvalue weighted by Crippen LogP contribution is 2.30. The Morgan fingerprint density at radius 1 is 0.317 bits per heavy atom. The summed E-state index contributed by atoms with van der Waals surface area (Å²) in [4.78, 5) is 29.3. The first kappa shape index (κ1) is 38.8. The van der Waals surface area contributed by atoms with E-state index < -0.39 is 0 Å². The molecule has 3 heterocycles. The third-order valence-electron chi connectivity index (χ3n) is 10.9. The molecule has 0 amide bonds. The second kappa shape index (κ2) is 17.7. The molecule has 300 valence electrons. The molecule has 0 aliphatic rings. The monoisotopic (exact) mass is 812 g/mol. The molecule has 63 heavy (non-hydrogen) atoms. The smallest absolute Gasteiger partial charge is 0.164 e. The van der Waals surface area contributed by atoms with Crippen molar-refractivity contribution in [2.24, 2.45) is 0 Å². The minimum absolute atomic E-state index is 0.622. The first-order valence-corrected chi connectivity index (χ1v) is 20.9. The number of hydrogen-bond donors (Lipinski definition) is 0. The van der Waals surface area contributed by atoms with E-state index in [1.807, 2.05) is 133 Å². The van der Waals surface area contributed by atoms with Crippen LogP contribution in [0.2, 0.25) is 0 Å². The Kier molecular flexibility index (Phi) is 10.9. The van der Waals surface area contributed by atoms with E-state index in [0.29, 0.717) is 34.9 Å². The zero-order valence-electron chi connectivity index (χ0n) is 34.5. The average molecular weight is 813 g/mol. The largest absolute Gasteiger partial charge is 0.464 e. The van der Waals surface area contributed by atoms with Gasteiger partial charge in [-0.1, -0.05) is 188 Å². The molecule has 0 fully saturated rings. The summed E-state index contributed by atoms with van der Waals surface area (Å²) < 4.78 is 6.18. The van der Waals surface area contributed by atoms with Gasteiger partial charge in [-0.25, -0.2) is 29.9 Å². The van der Waals surface area contributed by atoms with Gasteiger partial charge in [-0.3, -0.25) is 0 Å². The molecule has 10 aromatic rings. The summed E-state index contributed by atoms with van der Waals surface area (Å²) in [6, 6.07) is 69.7. The van der Waals surface area contributed by atoms with Gasteiger partial charge in [0.05, 0.1) is 6.26 Å². The van der Waals surface area contributed by atoms with Gasteiger partial charge < -0.3 is 4.42 Å². The maximum absolute atomic E-state index is 6.18. The SMILES string of the molecule is Cc1cc(Cc2ccc(-c3nc(-c4ccccc4)nc(-c4ccccc4)n3)cc2)cccoc2ccc(-c3ccc(-c4nc(-c5ccccc5)nc(-c5ccccc5)n4)cc3)cc12. The number of fused-ring (bicyclic) bond motifs is 1. The summed E-state index contributed by atoms with van der Waals surface area (Å²) in [5, 5.41) is 1.03. The molecule has 0 unspecified atom stereocenters. The van der Waals surface area contributed by atoms with Crippen LogP contribution in [0.4, 0.5) is 0 Å². The predicted molar refractivity (Wildman–Crippen MR) is 253 cm³/mol. The molecule has 7 aromatic carbocycles. The molecule has 0 saturated carbocycles. The molecule has 10 rings (SSSR count). The molecule has 0 aliphatic carbocycles. The first-order valence-electron chi connectivity index (χ1n) is 20.9. The van der Waals surface area contributed by atoms with Gasteiger partial charge in [0.1, 0.15) is 5.58 Å². The molecular weight excluding hydrogens is 773 g/mol. The Balaban J connectivity index is 0.931. The van der Waals surface area contributed by atoms with Crippen LogP contribution in [0.25, 0.3) is 90.4 Å². The Hall–Kier alpha value is -8.42. The zero-order valence-corrected chi connectivity index (χ0v) is 34.5. The Morgan fingerprint density at radius 3 is 1.11 bits per heavy atom. The topological polar surface area (TPSA) is 90.5 Å². The number of aromatic nitrogens is 6. The number of rotatable bonds is 9. The number of benzene rings is 7. The van der Waals surface area contributed by atoms with Gasteiger partial charge >= 0.3 is 0 Å². The standard InChI is InChI=1S/C56H40N6O/c1-38-35-40(36-39-24-26-46(27-25-39)55-59-51(42-16-6-2-7-17-42)57-52(60-55)43-18-8-3-9-19-43)15-14-34-63-50-33-32-48(37-49(38)50)41-28-30-47(31-29-41)56-61-53(44-20-10-4-11-21-44)58-54(62-56)45-22-12-5-13-23-45/h2-35,37H,36H2,1H3. The van der Waals surface area contributed by atoms with E-state index in [1.165, 1.54) is 5.56 Å². The van der Waals surface area contributed by atoms with Crippen molar-refractivity contribution in [3.63, 3.8) is 0 Å². The molecule has 0 bridgehead atoms. The third-order valence-corrected chi connectivity index (χ3v) is 10.9. The van der Waals surface area contributed by atoms with Gasteiger partial charge in [0, 0.05) is 38.8 Å². The highest BCUT2D eigenvalue weighted by Gasteiger charge is 2.14. The van der Waals surface area contributed by atoms with Gasteiger partial charge in [0.15, 0.2) is 34.9 Å². The summed E-state index contributed by atoms with van der Waals surface area (Å²) in [7, 11) is 0. The molecule has 0 spiro atoms. The molecular formula is C56H40N6O. The summed E-state index contributed by atoms with van der Waals surface area (Å²) in [5.74, 6) is 3.81. The highest BCUT2D eigenvalue weighted by atomic mass is 16.3. The summed E-state index contributed by atoms with van der Waals surface area (Å²) >= 11 is 0. The molecule has 0 aliphatic heterocycles. The minimum atomic E-state index is 0.622. The van der Waals surface area contributed by atoms with Crippen LogP contribution in [0.15, 0.2) is 217 Å². The van der Waals surface area contributed by atoms with Crippen LogP contribution in [0.3, 0.4) is 0 Å². The quantitative estimate of drug-likeness (QED) is 0.143. The lowest BCUT2D eigenvalue weighted by molar-refractivity contribution is 0.606. The molecule has 7 heteroatoms. The van der Waals surface area contributed by atoms with Crippen molar-refractivity contribution in [2.45, 2.75) is 13.3 Å². The van der Waals surface area contributed by atoms with Gasteiger partial charge in [-0.05, 0) is 59.4 Å². The second-order valence-corrected chi connectivity index (χ2v) is 15.3. The van der Waals surface area contributed by atoms with E-state index in [4.69, 9.17) is 34.3 Å². The van der Waals surface area contributed by atoms with Gasteiger partial charge in [-0.15, -0.1) is 0 Å². The van der Waals surface area contributed by atoms with Crippen LogP contribution >= 0.6 is 0 Å². The fourth-order valence-corrected chi connectivity index (χ4v) is 7.60. The minimum Gasteiger partial charge on any atom is -0.464 e. The van der Waals surface area contributed by atoms with Crippen LogP contribution in [0.1, 0.15) is 16.7 Å². The Bertz CT molecular complexity index is 3110. The van der Waals surface area contributed by atoms with Crippen molar-refractivity contribution >= 4 is 11.0 Å². The lowest BCUT2D eigenvalue weighted by Gasteiger charge is -2.09. The van der Waals surface area contributed by atoms with Crippen LogP contribution in [0.5, 0.6) is 0 Å². The maximum atomic E-state index is 6.18. The van der Waals surface area contributed by atoms with Crippen LogP contribution in [-0.2, 0) is 6.42 Å². The van der Waals surface area contributed by atoms with Crippen LogP contribution < -0.4 is 0 Å². The Morgan fingerprint density at radius 2 is 0.683 bits per heavy atom. The Labute approximate surface area is 365 Å². The van der Waals surface area contributed by atoms with Gasteiger partial charge in [0.2, 0.25) is 0 Å². The second-order valence-electron chi connectivity index (χ2n) is 15.3. The zero-order chi connectivity index (χ0) is 42.4. The van der Waals surface area contributed by atoms with Crippen molar-refractivity contribution in [3.8, 4) is 79.5 Å². The first-order chi connectivity index (χ1) is 31.1. The van der Waals surface area contributed by atoms with E-state index in [9.17, 15) is 0 Å². The van der Waals surface area contributed by atoms with E-state index in [0.717, 1.165) is 73.0 Å². The molecule has 0 N–H and O–H groups in total. The van der Waals surface area contributed by atoms with Crippen molar-refractivity contribution in [1.29, 1.82) is 0 Å². The lowest BCUT2D eigenvalue weighted by Crippen LogP contribution is -2.00. The fraction of sp³-hybridized carbons (Fsp3) is 0.0357. The molecule has 3 aromatic heterocycles. The molecule has 0 saturated heterocycles. The summed E-state index contributed by atoms with van der Waals surface area (Å²) in [6.45, 7) is 2.14. The van der Waals surface area contributed by atoms with E-state index in [2.05, 4.69) is 79.7 Å². The van der Waals surface area contributed by atoms with Crippen molar-refractivity contribution in [1.82, 2.24) is 29.9 Å². The van der Waals surface area contributed by atoms with Crippen LogP contribution in [-0.4, -0.2) is 29.9 Å². The van der Waals surface area contributed by atoms with Crippen molar-refractivity contribution in [2.75, 3.05) is 0 Å².